The van der Waals surface area contributed by atoms with Gasteiger partial charge in [-0.05, 0) is 6.92 Å². The van der Waals surface area contributed by atoms with Crippen LogP contribution in [0.1, 0.15) is 6.92 Å². The smallest absolute Gasteiger partial charge is 0.145 e. The monoisotopic (exact) mass is 164 g/mol. The number of aromatic nitrogens is 2. The molecule has 4 heteroatoms. The van der Waals surface area contributed by atoms with E-state index in [1.54, 1.807) is 4.68 Å². The predicted octanol–water partition coefficient (Wildman–Crippen LogP) is 2.21. The third-order valence-electron chi connectivity index (χ3n) is 1.03. The molecule has 0 aliphatic rings. The largest absolute Gasteiger partial charge is 0.253 e. The van der Waals surface area contributed by atoms with Gasteiger partial charge >= 0.3 is 0 Å². The van der Waals surface area contributed by atoms with Crippen LogP contribution in [0.5, 0.6) is 0 Å². The van der Waals surface area contributed by atoms with Crippen LogP contribution in [0.25, 0.3) is 0 Å². The topological polar surface area (TPSA) is 17.8 Å². The summed E-state index contributed by atoms with van der Waals surface area (Å²) in [5, 5.41) is 4.91. The molecular weight excluding hydrogens is 159 g/mol. The predicted molar refractivity (Wildman–Crippen MR) is 37.9 cm³/mol. The van der Waals surface area contributed by atoms with Crippen LogP contribution >= 0.6 is 23.2 Å². The van der Waals surface area contributed by atoms with Crippen molar-refractivity contribution in [1.29, 1.82) is 0 Å². The first-order valence-electron chi connectivity index (χ1n) is 2.62. The molecule has 0 atom stereocenters. The number of nitrogens with zero attached hydrogens (tertiary/aromatic N) is 2. The minimum absolute atomic E-state index is 0.513. The van der Waals surface area contributed by atoms with Gasteiger partial charge in [0, 0.05) is 6.54 Å². The van der Waals surface area contributed by atoms with Crippen LogP contribution in [0.3, 0.4) is 0 Å². The third kappa shape index (κ3) is 1.19. The van der Waals surface area contributed by atoms with E-state index in [0.717, 1.165) is 6.54 Å². The standard InChI is InChI=1S/C5H6Cl2N2/c1-2-9-5(7)4(6)3-8-9/h3H,2H2,1H3. The lowest BCUT2D eigenvalue weighted by Crippen LogP contribution is -1.94. The van der Waals surface area contributed by atoms with Crippen molar-refractivity contribution in [3.05, 3.63) is 16.4 Å². The number of halogens is 2. The summed E-state index contributed by atoms with van der Waals surface area (Å²) in [4.78, 5) is 0. The second-order valence-electron chi connectivity index (χ2n) is 1.60. The molecule has 9 heavy (non-hydrogen) atoms. The first-order chi connectivity index (χ1) is 4.25. The number of aryl methyl sites for hydroxylation is 1. The fourth-order valence-corrected chi connectivity index (χ4v) is 0.921. The van der Waals surface area contributed by atoms with Gasteiger partial charge in [-0.1, -0.05) is 23.2 Å². The van der Waals surface area contributed by atoms with Gasteiger partial charge in [-0.3, -0.25) is 4.68 Å². The van der Waals surface area contributed by atoms with E-state index >= 15 is 0 Å². The fraction of sp³-hybridized carbons (Fsp3) is 0.400. The summed E-state index contributed by atoms with van der Waals surface area (Å²) in [6.45, 7) is 2.71. The van der Waals surface area contributed by atoms with Crippen LogP contribution in [-0.2, 0) is 6.54 Å². The number of rotatable bonds is 1. The summed E-state index contributed by atoms with van der Waals surface area (Å²) >= 11 is 11.3. The molecule has 0 aliphatic carbocycles. The van der Waals surface area contributed by atoms with Gasteiger partial charge in [0.15, 0.2) is 0 Å². The van der Waals surface area contributed by atoms with Gasteiger partial charge in [-0.2, -0.15) is 5.10 Å². The van der Waals surface area contributed by atoms with Gasteiger partial charge in [-0.25, -0.2) is 0 Å². The van der Waals surface area contributed by atoms with Gasteiger partial charge in [0.2, 0.25) is 0 Å². The van der Waals surface area contributed by atoms with Gasteiger partial charge < -0.3 is 0 Å². The van der Waals surface area contributed by atoms with Crippen molar-refractivity contribution in [3.63, 3.8) is 0 Å². The highest BCUT2D eigenvalue weighted by molar-refractivity contribution is 6.41. The quantitative estimate of drug-likeness (QED) is 0.623. The fourth-order valence-electron chi connectivity index (χ4n) is 0.568. The second-order valence-corrected chi connectivity index (χ2v) is 2.36. The van der Waals surface area contributed by atoms with E-state index in [0.29, 0.717) is 10.2 Å². The van der Waals surface area contributed by atoms with Crippen LogP contribution in [0.15, 0.2) is 6.20 Å². The molecule has 0 fully saturated rings. The summed E-state index contributed by atoms with van der Waals surface area (Å²) in [6.07, 6.45) is 1.54. The maximum Gasteiger partial charge on any atom is 0.145 e. The summed E-state index contributed by atoms with van der Waals surface area (Å²) in [7, 11) is 0. The van der Waals surface area contributed by atoms with Gasteiger partial charge in [0.1, 0.15) is 5.15 Å². The Morgan fingerprint density at radius 1 is 1.67 bits per heavy atom. The molecule has 50 valence electrons. The minimum atomic E-state index is 0.513. The van der Waals surface area contributed by atoms with Crippen molar-refractivity contribution in [2.75, 3.05) is 0 Å². The molecule has 1 heterocycles. The Morgan fingerprint density at radius 2 is 2.33 bits per heavy atom. The lowest BCUT2D eigenvalue weighted by Gasteiger charge is -1.93. The molecule has 2 nitrogen and oxygen atoms in total. The summed E-state index contributed by atoms with van der Waals surface area (Å²) in [5.41, 5.74) is 0. The van der Waals surface area contributed by atoms with E-state index in [1.807, 2.05) is 6.92 Å². The van der Waals surface area contributed by atoms with Gasteiger partial charge in [0.05, 0.1) is 11.2 Å². The van der Waals surface area contributed by atoms with E-state index in [-0.39, 0.29) is 0 Å². The molecule has 1 rings (SSSR count). The average molecular weight is 165 g/mol. The van der Waals surface area contributed by atoms with E-state index in [1.165, 1.54) is 6.20 Å². The maximum atomic E-state index is 5.68. The van der Waals surface area contributed by atoms with Crippen molar-refractivity contribution in [2.45, 2.75) is 13.5 Å². The molecule has 0 aromatic carbocycles. The molecule has 0 saturated heterocycles. The maximum absolute atomic E-state index is 5.68. The summed E-state index contributed by atoms with van der Waals surface area (Å²) in [6, 6.07) is 0. The van der Waals surface area contributed by atoms with Crippen LogP contribution in [-0.4, -0.2) is 9.78 Å². The normalized spacial score (nSPS) is 10.1. The van der Waals surface area contributed by atoms with Crippen LogP contribution < -0.4 is 0 Å². The highest BCUT2D eigenvalue weighted by Crippen LogP contribution is 2.19. The van der Waals surface area contributed by atoms with Crippen LogP contribution in [0.4, 0.5) is 0 Å². The molecule has 1 aromatic heterocycles. The first kappa shape index (κ1) is 6.90. The van der Waals surface area contributed by atoms with E-state index in [2.05, 4.69) is 5.10 Å². The highest BCUT2D eigenvalue weighted by Gasteiger charge is 2.01. The Bertz CT molecular complexity index is 207. The van der Waals surface area contributed by atoms with Crippen molar-refractivity contribution in [3.8, 4) is 0 Å². The molecule has 1 aromatic rings. The highest BCUT2D eigenvalue weighted by atomic mass is 35.5. The molecule has 0 aliphatic heterocycles. The molecule has 0 amide bonds. The minimum Gasteiger partial charge on any atom is -0.253 e. The van der Waals surface area contributed by atoms with Crippen molar-refractivity contribution < 1.29 is 0 Å². The van der Waals surface area contributed by atoms with E-state index in [9.17, 15) is 0 Å². The summed E-state index contributed by atoms with van der Waals surface area (Å²) < 4.78 is 1.63. The Morgan fingerprint density at radius 3 is 2.56 bits per heavy atom. The van der Waals surface area contributed by atoms with Crippen LogP contribution in [0, 0.1) is 0 Å². The molecule has 0 bridgehead atoms. The Kier molecular flexibility index (Phi) is 1.98. The van der Waals surface area contributed by atoms with Crippen molar-refractivity contribution >= 4 is 23.2 Å². The Balaban J connectivity index is 3.04. The number of hydrogen-bond donors (Lipinski definition) is 0. The lowest BCUT2D eigenvalue weighted by molar-refractivity contribution is 0.661. The molecule has 0 N–H and O–H groups in total. The molecular formula is C5H6Cl2N2. The van der Waals surface area contributed by atoms with Crippen molar-refractivity contribution in [1.82, 2.24) is 9.78 Å². The zero-order valence-electron chi connectivity index (χ0n) is 4.93. The molecule has 0 radical (unpaired) electrons. The zero-order valence-corrected chi connectivity index (χ0v) is 6.45. The van der Waals surface area contributed by atoms with Gasteiger partial charge in [0.25, 0.3) is 0 Å². The molecule has 0 spiro atoms. The SMILES string of the molecule is CCn1ncc(Cl)c1Cl. The van der Waals surface area contributed by atoms with E-state index < -0.39 is 0 Å². The summed E-state index contributed by atoms with van der Waals surface area (Å²) in [5.74, 6) is 0. The van der Waals surface area contributed by atoms with E-state index in [4.69, 9.17) is 23.2 Å². The van der Waals surface area contributed by atoms with Gasteiger partial charge in [-0.15, -0.1) is 0 Å². The van der Waals surface area contributed by atoms with Crippen LogP contribution in [0.2, 0.25) is 10.2 Å². The zero-order chi connectivity index (χ0) is 6.85. The molecule has 0 saturated carbocycles. The lowest BCUT2D eigenvalue weighted by atomic mass is 10.7. The molecule has 0 unspecified atom stereocenters. The van der Waals surface area contributed by atoms with Crippen molar-refractivity contribution in [2.24, 2.45) is 0 Å². The third-order valence-corrected chi connectivity index (χ3v) is 1.81. The second kappa shape index (κ2) is 2.58. The average Bonchev–Trinajstić information content (AvgIpc) is 2.15. The first-order valence-corrected chi connectivity index (χ1v) is 3.38. The Hall–Kier alpha value is -0.210. The Labute approximate surface area is 63.4 Å². The number of hydrogen-bond acceptors (Lipinski definition) is 1.